The molecular weight excluding hydrogens is 174 g/mol. The summed E-state index contributed by atoms with van der Waals surface area (Å²) in [6.45, 7) is 8.35. The van der Waals surface area contributed by atoms with Gasteiger partial charge in [-0.3, -0.25) is 0 Å². The first-order chi connectivity index (χ1) is 6.59. The second kappa shape index (κ2) is 3.08. The van der Waals surface area contributed by atoms with Gasteiger partial charge in [-0.25, -0.2) is 9.50 Å². The second-order valence-electron chi connectivity index (χ2n) is 3.99. The number of aryl methyl sites for hydroxylation is 2. The lowest BCUT2D eigenvalue weighted by Gasteiger charge is -2.08. The van der Waals surface area contributed by atoms with Gasteiger partial charge in [0.15, 0.2) is 0 Å². The molecule has 0 unspecified atom stereocenters. The molecule has 0 N–H and O–H groups in total. The zero-order valence-corrected chi connectivity index (χ0v) is 9.07. The molecule has 0 saturated heterocycles. The molecule has 3 heteroatoms. The van der Waals surface area contributed by atoms with E-state index in [1.165, 1.54) is 5.56 Å². The molecule has 2 heterocycles. The lowest BCUT2D eigenvalue weighted by Crippen LogP contribution is -2.04. The van der Waals surface area contributed by atoms with Crippen molar-refractivity contribution in [3.63, 3.8) is 0 Å². The normalized spacial score (nSPS) is 11.5. The van der Waals surface area contributed by atoms with Crippen molar-refractivity contribution in [3.8, 4) is 0 Å². The van der Waals surface area contributed by atoms with E-state index in [1.807, 2.05) is 17.6 Å². The SMILES string of the molecule is Cc1nc(C(C)C)c2c(C)ccn2n1. The van der Waals surface area contributed by atoms with Gasteiger partial charge >= 0.3 is 0 Å². The third-order valence-electron chi connectivity index (χ3n) is 2.39. The summed E-state index contributed by atoms with van der Waals surface area (Å²) in [6.07, 6.45) is 1.99. The van der Waals surface area contributed by atoms with Gasteiger partial charge in [0, 0.05) is 6.20 Å². The highest BCUT2D eigenvalue weighted by molar-refractivity contribution is 5.59. The maximum absolute atomic E-state index is 4.50. The fraction of sp³-hybridized carbons (Fsp3) is 0.455. The highest BCUT2D eigenvalue weighted by Gasteiger charge is 2.11. The van der Waals surface area contributed by atoms with Crippen LogP contribution in [0.4, 0.5) is 0 Å². The minimum atomic E-state index is 0.438. The highest BCUT2D eigenvalue weighted by Crippen LogP contribution is 2.21. The first-order valence-corrected chi connectivity index (χ1v) is 4.92. The van der Waals surface area contributed by atoms with Crippen molar-refractivity contribution in [1.29, 1.82) is 0 Å². The number of aromatic nitrogens is 3. The first kappa shape index (κ1) is 9.19. The van der Waals surface area contributed by atoms with Crippen molar-refractivity contribution < 1.29 is 0 Å². The molecule has 2 aromatic rings. The third-order valence-corrected chi connectivity index (χ3v) is 2.39. The summed E-state index contributed by atoms with van der Waals surface area (Å²) in [6, 6.07) is 2.08. The number of rotatable bonds is 1. The summed E-state index contributed by atoms with van der Waals surface area (Å²) in [5, 5.41) is 4.35. The summed E-state index contributed by atoms with van der Waals surface area (Å²) >= 11 is 0. The van der Waals surface area contributed by atoms with Crippen LogP contribution >= 0.6 is 0 Å². The molecule has 3 nitrogen and oxygen atoms in total. The van der Waals surface area contributed by atoms with E-state index in [2.05, 4.69) is 36.9 Å². The first-order valence-electron chi connectivity index (χ1n) is 4.92. The van der Waals surface area contributed by atoms with E-state index in [0.717, 1.165) is 17.0 Å². The molecule has 0 aliphatic heterocycles. The van der Waals surface area contributed by atoms with Gasteiger partial charge in [-0.15, -0.1) is 0 Å². The topological polar surface area (TPSA) is 30.2 Å². The average molecular weight is 189 g/mol. The molecule has 0 aliphatic rings. The van der Waals surface area contributed by atoms with Crippen LogP contribution in [0.25, 0.3) is 5.52 Å². The molecule has 2 aromatic heterocycles. The van der Waals surface area contributed by atoms with Crippen molar-refractivity contribution in [2.75, 3.05) is 0 Å². The fourth-order valence-corrected chi connectivity index (χ4v) is 1.73. The van der Waals surface area contributed by atoms with Gasteiger partial charge in [0.1, 0.15) is 5.82 Å². The van der Waals surface area contributed by atoms with E-state index >= 15 is 0 Å². The Bertz CT molecular complexity index is 469. The van der Waals surface area contributed by atoms with Crippen molar-refractivity contribution in [2.24, 2.45) is 0 Å². The Morgan fingerprint density at radius 3 is 2.64 bits per heavy atom. The number of nitrogens with zero attached hydrogens (tertiary/aromatic N) is 3. The van der Waals surface area contributed by atoms with Gasteiger partial charge in [0.25, 0.3) is 0 Å². The quantitative estimate of drug-likeness (QED) is 0.689. The van der Waals surface area contributed by atoms with Gasteiger partial charge in [-0.1, -0.05) is 13.8 Å². The smallest absolute Gasteiger partial charge is 0.146 e. The molecule has 0 bridgehead atoms. The maximum Gasteiger partial charge on any atom is 0.146 e. The molecule has 2 rings (SSSR count). The second-order valence-corrected chi connectivity index (χ2v) is 3.99. The monoisotopic (exact) mass is 189 g/mol. The Morgan fingerprint density at radius 2 is 2.00 bits per heavy atom. The minimum absolute atomic E-state index is 0.438. The number of hydrogen-bond donors (Lipinski definition) is 0. The van der Waals surface area contributed by atoms with Crippen molar-refractivity contribution in [3.05, 3.63) is 29.3 Å². The number of fused-ring (bicyclic) bond motifs is 1. The van der Waals surface area contributed by atoms with Crippen LogP contribution in [0, 0.1) is 13.8 Å². The zero-order chi connectivity index (χ0) is 10.3. The summed E-state index contributed by atoms with van der Waals surface area (Å²) in [7, 11) is 0. The summed E-state index contributed by atoms with van der Waals surface area (Å²) in [4.78, 5) is 4.50. The van der Waals surface area contributed by atoms with Crippen LogP contribution < -0.4 is 0 Å². The standard InChI is InChI=1S/C11H15N3/c1-7(2)10-11-8(3)5-6-14(11)13-9(4)12-10/h5-7H,1-4H3. The average Bonchev–Trinajstić information content (AvgIpc) is 2.46. The van der Waals surface area contributed by atoms with E-state index in [0.29, 0.717) is 5.92 Å². The van der Waals surface area contributed by atoms with Crippen molar-refractivity contribution in [1.82, 2.24) is 14.6 Å². The van der Waals surface area contributed by atoms with Gasteiger partial charge in [0.05, 0.1) is 11.2 Å². The predicted octanol–water partition coefficient (Wildman–Crippen LogP) is 2.47. The predicted molar refractivity (Wildman–Crippen MR) is 56.6 cm³/mol. The van der Waals surface area contributed by atoms with Crippen LogP contribution in [0.2, 0.25) is 0 Å². The maximum atomic E-state index is 4.50. The zero-order valence-electron chi connectivity index (χ0n) is 9.07. The van der Waals surface area contributed by atoms with Gasteiger partial charge in [-0.2, -0.15) is 5.10 Å². The Balaban J connectivity index is 2.83. The van der Waals surface area contributed by atoms with Crippen LogP contribution in [0.3, 0.4) is 0 Å². The van der Waals surface area contributed by atoms with Crippen molar-refractivity contribution >= 4 is 5.52 Å². The molecule has 0 aromatic carbocycles. The molecule has 74 valence electrons. The van der Waals surface area contributed by atoms with Gasteiger partial charge in [-0.05, 0) is 31.4 Å². The molecule has 0 radical (unpaired) electrons. The van der Waals surface area contributed by atoms with E-state index in [1.54, 1.807) is 0 Å². The van der Waals surface area contributed by atoms with Crippen LogP contribution in [0.5, 0.6) is 0 Å². The summed E-state index contributed by atoms with van der Waals surface area (Å²) in [5.74, 6) is 1.27. The fourth-order valence-electron chi connectivity index (χ4n) is 1.73. The molecule has 0 amide bonds. The van der Waals surface area contributed by atoms with Crippen molar-refractivity contribution in [2.45, 2.75) is 33.6 Å². The van der Waals surface area contributed by atoms with E-state index in [9.17, 15) is 0 Å². The Labute approximate surface area is 83.8 Å². The largest absolute Gasteiger partial charge is 0.237 e. The molecule has 0 spiro atoms. The molecule has 0 aliphatic carbocycles. The lowest BCUT2D eigenvalue weighted by molar-refractivity contribution is 0.762. The molecule has 0 fully saturated rings. The Hall–Kier alpha value is -1.38. The Kier molecular flexibility index (Phi) is 2.02. The molecule has 0 atom stereocenters. The van der Waals surface area contributed by atoms with Crippen LogP contribution in [0.15, 0.2) is 12.3 Å². The van der Waals surface area contributed by atoms with E-state index in [-0.39, 0.29) is 0 Å². The summed E-state index contributed by atoms with van der Waals surface area (Å²) in [5.41, 5.74) is 3.54. The van der Waals surface area contributed by atoms with Crippen LogP contribution in [-0.4, -0.2) is 14.6 Å². The minimum Gasteiger partial charge on any atom is -0.237 e. The third kappa shape index (κ3) is 1.29. The summed E-state index contributed by atoms with van der Waals surface area (Å²) < 4.78 is 1.92. The highest BCUT2D eigenvalue weighted by atomic mass is 15.2. The van der Waals surface area contributed by atoms with Gasteiger partial charge in [0.2, 0.25) is 0 Å². The Morgan fingerprint density at radius 1 is 1.29 bits per heavy atom. The molecule has 0 saturated carbocycles. The number of hydrogen-bond acceptors (Lipinski definition) is 2. The van der Waals surface area contributed by atoms with Gasteiger partial charge < -0.3 is 0 Å². The lowest BCUT2D eigenvalue weighted by atomic mass is 10.1. The van der Waals surface area contributed by atoms with Crippen LogP contribution in [0.1, 0.15) is 36.8 Å². The van der Waals surface area contributed by atoms with E-state index in [4.69, 9.17) is 0 Å². The molecule has 14 heavy (non-hydrogen) atoms. The van der Waals surface area contributed by atoms with Crippen LogP contribution in [-0.2, 0) is 0 Å². The van der Waals surface area contributed by atoms with E-state index < -0.39 is 0 Å². The molecular formula is C11H15N3.